The summed E-state index contributed by atoms with van der Waals surface area (Å²) in [6, 6.07) is 0. The van der Waals surface area contributed by atoms with Crippen LogP contribution in [0.15, 0.2) is 17.9 Å². The summed E-state index contributed by atoms with van der Waals surface area (Å²) in [7, 11) is 0. The van der Waals surface area contributed by atoms with Gasteiger partial charge in [-0.05, 0) is 6.20 Å². The SMILES string of the molecule is C=CNCN=N. The van der Waals surface area contributed by atoms with Crippen molar-refractivity contribution in [3.63, 3.8) is 0 Å². The Balaban J connectivity index is 2.66. The van der Waals surface area contributed by atoms with Crippen molar-refractivity contribution in [3.8, 4) is 0 Å². The van der Waals surface area contributed by atoms with E-state index in [0.717, 1.165) is 0 Å². The minimum atomic E-state index is 0.337. The van der Waals surface area contributed by atoms with Gasteiger partial charge < -0.3 is 5.32 Å². The highest BCUT2D eigenvalue weighted by atomic mass is 15.1. The highest BCUT2D eigenvalue weighted by Gasteiger charge is 1.61. The summed E-state index contributed by atoms with van der Waals surface area (Å²) >= 11 is 0. The third-order valence-electron chi connectivity index (χ3n) is 0.315. The molecule has 2 N–H and O–H groups in total. The van der Waals surface area contributed by atoms with Gasteiger partial charge in [-0.25, -0.2) is 5.53 Å². The van der Waals surface area contributed by atoms with Crippen molar-refractivity contribution in [1.29, 1.82) is 5.53 Å². The molecule has 0 aliphatic carbocycles. The van der Waals surface area contributed by atoms with Crippen LogP contribution in [-0.2, 0) is 0 Å². The Kier molecular flexibility index (Phi) is 3.55. The highest BCUT2D eigenvalue weighted by molar-refractivity contribution is 4.59. The van der Waals surface area contributed by atoms with Crippen LogP contribution in [0.3, 0.4) is 0 Å². The number of rotatable bonds is 3. The maximum absolute atomic E-state index is 6.22. The van der Waals surface area contributed by atoms with Crippen LogP contribution in [-0.4, -0.2) is 6.67 Å². The van der Waals surface area contributed by atoms with Crippen molar-refractivity contribution >= 4 is 0 Å². The van der Waals surface area contributed by atoms with E-state index in [-0.39, 0.29) is 0 Å². The van der Waals surface area contributed by atoms with Crippen molar-refractivity contribution < 1.29 is 0 Å². The van der Waals surface area contributed by atoms with Gasteiger partial charge in [0.25, 0.3) is 0 Å². The molecule has 3 heteroatoms. The van der Waals surface area contributed by atoms with Gasteiger partial charge in [0.15, 0.2) is 0 Å². The first-order valence-electron chi connectivity index (χ1n) is 1.59. The van der Waals surface area contributed by atoms with E-state index in [1.54, 1.807) is 0 Å². The Morgan fingerprint density at radius 2 is 2.67 bits per heavy atom. The van der Waals surface area contributed by atoms with Crippen LogP contribution in [0.2, 0.25) is 0 Å². The molecule has 0 radical (unpaired) electrons. The van der Waals surface area contributed by atoms with E-state index in [0.29, 0.717) is 6.67 Å². The van der Waals surface area contributed by atoms with E-state index < -0.39 is 0 Å². The zero-order chi connectivity index (χ0) is 4.83. The Morgan fingerprint density at radius 3 is 2.83 bits per heavy atom. The van der Waals surface area contributed by atoms with Gasteiger partial charge in [-0.3, -0.25) is 0 Å². The zero-order valence-electron chi connectivity index (χ0n) is 3.44. The van der Waals surface area contributed by atoms with Crippen LogP contribution in [0.1, 0.15) is 0 Å². The average Bonchev–Trinajstić information content (AvgIpc) is 1.61. The molecule has 0 aliphatic heterocycles. The molecule has 0 atom stereocenters. The van der Waals surface area contributed by atoms with Crippen LogP contribution in [0.4, 0.5) is 0 Å². The average molecular weight is 85.1 g/mol. The van der Waals surface area contributed by atoms with Gasteiger partial charge >= 0.3 is 0 Å². The lowest BCUT2D eigenvalue weighted by molar-refractivity contribution is 0.808. The molecule has 0 aromatic rings. The number of nitrogens with zero attached hydrogens (tertiary/aromatic N) is 1. The summed E-state index contributed by atoms with van der Waals surface area (Å²) in [5.74, 6) is 0. The minimum absolute atomic E-state index is 0.337. The van der Waals surface area contributed by atoms with Crippen molar-refractivity contribution in [3.05, 3.63) is 12.8 Å². The van der Waals surface area contributed by atoms with E-state index in [9.17, 15) is 0 Å². The van der Waals surface area contributed by atoms with Crippen LogP contribution >= 0.6 is 0 Å². The Labute approximate surface area is 36.6 Å². The van der Waals surface area contributed by atoms with E-state index in [1.807, 2.05) is 0 Å². The molecule has 0 rings (SSSR count). The largest absolute Gasteiger partial charge is 0.371 e. The lowest BCUT2D eigenvalue weighted by Crippen LogP contribution is -2.00. The summed E-state index contributed by atoms with van der Waals surface area (Å²) in [5, 5.41) is 5.60. The molecule has 0 saturated carbocycles. The zero-order valence-corrected chi connectivity index (χ0v) is 3.44. The third kappa shape index (κ3) is 3.14. The molecule has 0 aliphatic rings. The lowest BCUT2D eigenvalue weighted by Gasteiger charge is -1.84. The maximum Gasteiger partial charge on any atom is 0.128 e. The monoisotopic (exact) mass is 85.1 g/mol. The quantitative estimate of drug-likeness (QED) is 0.384. The molecule has 0 aromatic heterocycles. The normalized spacial score (nSPS) is 6.67. The van der Waals surface area contributed by atoms with Crippen molar-refractivity contribution in [2.24, 2.45) is 5.11 Å². The summed E-state index contributed by atoms with van der Waals surface area (Å²) in [6.07, 6.45) is 1.50. The highest BCUT2D eigenvalue weighted by Crippen LogP contribution is 1.55. The number of hydrogen-bond donors (Lipinski definition) is 2. The first-order chi connectivity index (χ1) is 2.91. The molecular weight excluding hydrogens is 78.1 g/mol. The smallest absolute Gasteiger partial charge is 0.128 e. The van der Waals surface area contributed by atoms with Crippen molar-refractivity contribution in [2.75, 3.05) is 6.67 Å². The lowest BCUT2D eigenvalue weighted by atomic mass is 10.9. The third-order valence-corrected chi connectivity index (χ3v) is 0.315. The standard InChI is InChI=1S/C3H7N3/c1-2-5-3-6-4/h2,4-5H,1,3H2. The van der Waals surface area contributed by atoms with Gasteiger partial charge in [0, 0.05) is 0 Å². The van der Waals surface area contributed by atoms with E-state index in [4.69, 9.17) is 5.53 Å². The second kappa shape index (κ2) is 4.14. The predicted octanol–water partition coefficient (Wildman–Crippen LogP) is 0.708. The van der Waals surface area contributed by atoms with Gasteiger partial charge in [-0.1, -0.05) is 6.58 Å². The molecule has 0 saturated heterocycles. The van der Waals surface area contributed by atoms with E-state index >= 15 is 0 Å². The van der Waals surface area contributed by atoms with Gasteiger partial charge in [0.05, 0.1) is 0 Å². The topological polar surface area (TPSA) is 48.2 Å². The molecule has 6 heavy (non-hydrogen) atoms. The number of nitrogens with one attached hydrogen (secondary N) is 2. The molecule has 0 amide bonds. The van der Waals surface area contributed by atoms with Crippen LogP contribution in [0, 0.1) is 5.53 Å². The predicted molar refractivity (Wildman–Crippen MR) is 23.3 cm³/mol. The molecule has 0 unspecified atom stereocenters. The van der Waals surface area contributed by atoms with Gasteiger partial charge in [0.2, 0.25) is 0 Å². The Bertz CT molecular complexity index is 42.0. The first kappa shape index (κ1) is 5.14. The van der Waals surface area contributed by atoms with Crippen molar-refractivity contribution in [1.82, 2.24) is 5.32 Å². The molecule has 0 aromatic carbocycles. The first-order valence-corrected chi connectivity index (χ1v) is 1.59. The summed E-state index contributed by atoms with van der Waals surface area (Å²) < 4.78 is 0. The fourth-order valence-electron chi connectivity index (χ4n) is 0.110. The van der Waals surface area contributed by atoms with Gasteiger partial charge in [-0.15, -0.1) is 0 Å². The molecular formula is C3H7N3. The van der Waals surface area contributed by atoms with Crippen LogP contribution in [0.25, 0.3) is 0 Å². The summed E-state index contributed by atoms with van der Waals surface area (Å²) in [5.41, 5.74) is 6.22. The number of hydrogen-bond acceptors (Lipinski definition) is 3. The van der Waals surface area contributed by atoms with Crippen LogP contribution < -0.4 is 5.32 Å². The second-order valence-corrected chi connectivity index (χ2v) is 0.724. The fraction of sp³-hybridized carbons (Fsp3) is 0.333. The summed E-state index contributed by atoms with van der Waals surface area (Å²) in [4.78, 5) is 0. The van der Waals surface area contributed by atoms with Crippen LogP contribution in [0.5, 0.6) is 0 Å². The van der Waals surface area contributed by atoms with E-state index in [1.165, 1.54) is 6.20 Å². The van der Waals surface area contributed by atoms with Crippen molar-refractivity contribution in [2.45, 2.75) is 0 Å². The second-order valence-electron chi connectivity index (χ2n) is 0.724. The molecule has 0 fully saturated rings. The summed E-state index contributed by atoms with van der Waals surface area (Å²) in [6.45, 7) is 3.68. The molecule has 34 valence electrons. The van der Waals surface area contributed by atoms with Gasteiger partial charge in [-0.2, -0.15) is 5.11 Å². The molecule has 0 bridgehead atoms. The molecule has 3 nitrogen and oxygen atoms in total. The molecule has 0 spiro atoms. The molecule has 0 heterocycles. The fourth-order valence-corrected chi connectivity index (χ4v) is 0.110. The van der Waals surface area contributed by atoms with E-state index in [2.05, 4.69) is 17.0 Å². The maximum atomic E-state index is 6.22. The minimum Gasteiger partial charge on any atom is -0.371 e. The van der Waals surface area contributed by atoms with Gasteiger partial charge in [0.1, 0.15) is 6.67 Å². The Hall–Kier alpha value is -0.860. The Morgan fingerprint density at radius 1 is 2.00 bits per heavy atom.